The van der Waals surface area contributed by atoms with E-state index >= 15 is 0 Å². The Morgan fingerprint density at radius 2 is 1.95 bits per heavy atom. The molecule has 5 nitrogen and oxygen atoms in total. The third-order valence-corrected chi connectivity index (χ3v) is 3.41. The van der Waals surface area contributed by atoms with E-state index in [9.17, 15) is 10.1 Å². The maximum atomic E-state index is 11.2. The molecule has 0 aliphatic rings. The molecule has 0 spiro atoms. The first-order valence-corrected chi connectivity index (χ1v) is 5.83. The average Bonchev–Trinajstić information content (AvgIpc) is 2.73. The van der Waals surface area contributed by atoms with Gasteiger partial charge >= 0.3 is 0 Å². The number of fused-ring (bicyclic) bond motifs is 3. The van der Waals surface area contributed by atoms with E-state index < -0.39 is 0 Å². The number of hydrogen-bond acceptors (Lipinski definition) is 3. The number of para-hydroxylation sites is 1. The molecule has 0 fully saturated rings. The Morgan fingerprint density at radius 3 is 2.63 bits per heavy atom. The zero-order chi connectivity index (χ0) is 13.6. The van der Waals surface area contributed by atoms with Gasteiger partial charge in [0.2, 0.25) is 0 Å². The average molecular weight is 256 g/mol. The fourth-order valence-corrected chi connectivity index (χ4v) is 2.58. The number of methoxy groups -OCH3 is 1. The summed E-state index contributed by atoms with van der Waals surface area (Å²) in [5, 5.41) is 12.9. The van der Waals surface area contributed by atoms with E-state index in [1.807, 2.05) is 35.9 Å². The maximum absolute atomic E-state index is 11.2. The van der Waals surface area contributed by atoms with Crippen molar-refractivity contribution in [2.24, 2.45) is 7.05 Å². The van der Waals surface area contributed by atoms with Crippen LogP contribution in [0.4, 0.5) is 5.69 Å². The molecule has 3 rings (SSSR count). The summed E-state index contributed by atoms with van der Waals surface area (Å²) in [6.45, 7) is 0. The van der Waals surface area contributed by atoms with Crippen LogP contribution in [0, 0.1) is 10.1 Å². The highest BCUT2D eigenvalue weighted by Crippen LogP contribution is 2.39. The molecule has 0 atom stereocenters. The lowest BCUT2D eigenvalue weighted by atomic mass is 10.1. The summed E-state index contributed by atoms with van der Waals surface area (Å²) in [6, 6.07) is 10.9. The Labute approximate surface area is 109 Å². The lowest BCUT2D eigenvalue weighted by molar-refractivity contribution is -0.383. The third kappa shape index (κ3) is 1.48. The molecule has 0 saturated carbocycles. The molecule has 2 aromatic carbocycles. The zero-order valence-electron chi connectivity index (χ0n) is 10.6. The topological polar surface area (TPSA) is 57.3 Å². The molecule has 1 heterocycles. The van der Waals surface area contributed by atoms with E-state index in [4.69, 9.17) is 4.74 Å². The summed E-state index contributed by atoms with van der Waals surface area (Å²) >= 11 is 0. The minimum atomic E-state index is -0.360. The van der Waals surface area contributed by atoms with Gasteiger partial charge in [0.1, 0.15) is 11.3 Å². The molecule has 0 radical (unpaired) electrons. The second kappa shape index (κ2) is 3.98. The van der Waals surface area contributed by atoms with Crippen LogP contribution in [0.1, 0.15) is 0 Å². The molecular formula is C14H12N2O3. The highest BCUT2D eigenvalue weighted by molar-refractivity contribution is 6.13. The Balaban J connectivity index is 2.63. The minimum absolute atomic E-state index is 0.0921. The van der Waals surface area contributed by atoms with E-state index in [1.54, 1.807) is 13.2 Å². The van der Waals surface area contributed by atoms with Crippen molar-refractivity contribution < 1.29 is 9.66 Å². The minimum Gasteiger partial charge on any atom is -0.496 e. The number of hydrogen-bond donors (Lipinski definition) is 0. The van der Waals surface area contributed by atoms with E-state index in [1.165, 1.54) is 6.07 Å². The van der Waals surface area contributed by atoms with Crippen LogP contribution in [0.3, 0.4) is 0 Å². The molecule has 0 unspecified atom stereocenters. The first-order valence-electron chi connectivity index (χ1n) is 5.83. The second-order valence-corrected chi connectivity index (χ2v) is 4.34. The van der Waals surface area contributed by atoms with Crippen molar-refractivity contribution in [2.45, 2.75) is 0 Å². The first-order chi connectivity index (χ1) is 9.15. The van der Waals surface area contributed by atoms with E-state index in [0.29, 0.717) is 11.3 Å². The summed E-state index contributed by atoms with van der Waals surface area (Å²) in [7, 11) is 3.40. The van der Waals surface area contributed by atoms with Gasteiger partial charge in [0, 0.05) is 24.0 Å². The normalized spacial score (nSPS) is 11.1. The van der Waals surface area contributed by atoms with E-state index in [2.05, 4.69) is 0 Å². The van der Waals surface area contributed by atoms with Crippen molar-refractivity contribution in [1.29, 1.82) is 0 Å². The molecule has 0 aliphatic carbocycles. The Kier molecular flexibility index (Phi) is 2.41. The van der Waals surface area contributed by atoms with Crippen LogP contribution in [-0.4, -0.2) is 16.6 Å². The van der Waals surface area contributed by atoms with Gasteiger partial charge in [-0.05, 0) is 12.1 Å². The number of nitro benzene ring substituents is 1. The smallest absolute Gasteiger partial charge is 0.293 e. The number of ether oxygens (including phenoxy) is 1. The van der Waals surface area contributed by atoms with Crippen molar-refractivity contribution in [2.75, 3.05) is 7.11 Å². The van der Waals surface area contributed by atoms with Gasteiger partial charge in [0.05, 0.1) is 17.4 Å². The van der Waals surface area contributed by atoms with Crippen molar-refractivity contribution in [3.63, 3.8) is 0 Å². The molecule has 5 heteroatoms. The lowest BCUT2D eigenvalue weighted by Gasteiger charge is -2.03. The highest BCUT2D eigenvalue weighted by Gasteiger charge is 2.21. The van der Waals surface area contributed by atoms with Crippen molar-refractivity contribution >= 4 is 27.5 Å². The van der Waals surface area contributed by atoms with Crippen LogP contribution in [0.5, 0.6) is 5.75 Å². The molecule has 0 aliphatic heterocycles. The number of non-ortho nitro benzene ring substituents is 1. The number of rotatable bonds is 2. The van der Waals surface area contributed by atoms with Crippen molar-refractivity contribution in [3.8, 4) is 5.75 Å². The van der Waals surface area contributed by atoms with Gasteiger partial charge in [-0.25, -0.2) is 0 Å². The van der Waals surface area contributed by atoms with Gasteiger partial charge in [-0.15, -0.1) is 0 Å². The number of aryl methyl sites for hydroxylation is 1. The molecule has 0 N–H and O–H groups in total. The van der Waals surface area contributed by atoms with Crippen molar-refractivity contribution in [3.05, 3.63) is 46.5 Å². The number of nitro groups is 1. The molecule has 0 amide bonds. The molecule has 0 saturated heterocycles. The Bertz CT molecular complexity index is 805. The second-order valence-electron chi connectivity index (χ2n) is 4.34. The third-order valence-electron chi connectivity index (χ3n) is 3.41. The predicted octanol–water partition coefficient (Wildman–Crippen LogP) is 3.25. The van der Waals surface area contributed by atoms with E-state index in [-0.39, 0.29) is 10.6 Å². The lowest BCUT2D eigenvalue weighted by Crippen LogP contribution is -1.95. The first kappa shape index (κ1) is 11.5. The summed E-state index contributed by atoms with van der Waals surface area (Å²) in [5.74, 6) is 0.650. The Hall–Kier alpha value is -2.56. The fraction of sp³-hybridized carbons (Fsp3) is 0.143. The quantitative estimate of drug-likeness (QED) is 0.522. The molecule has 0 bridgehead atoms. The van der Waals surface area contributed by atoms with Gasteiger partial charge in [-0.3, -0.25) is 10.1 Å². The number of nitrogens with zero attached hydrogens (tertiary/aromatic N) is 2. The SMILES string of the molecule is COc1ccc([N+](=O)[O-])c2c1c1ccccc1n2C. The summed E-state index contributed by atoms with van der Waals surface area (Å²) < 4.78 is 7.19. The molecule has 19 heavy (non-hydrogen) atoms. The van der Waals surface area contributed by atoms with Crippen LogP contribution < -0.4 is 4.74 Å². The summed E-state index contributed by atoms with van der Waals surface area (Å²) in [4.78, 5) is 10.8. The van der Waals surface area contributed by atoms with Crippen LogP contribution in [0.25, 0.3) is 21.8 Å². The van der Waals surface area contributed by atoms with E-state index in [0.717, 1.165) is 16.3 Å². The number of benzene rings is 2. The standard InChI is InChI=1S/C14H12N2O3/c1-15-10-6-4-3-5-9(10)13-12(19-2)8-7-11(14(13)15)16(17)18/h3-8H,1-2H3. The monoisotopic (exact) mass is 256 g/mol. The van der Waals surface area contributed by atoms with Gasteiger partial charge < -0.3 is 9.30 Å². The summed E-state index contributed by atoms with van der Waals surface area (Å²) in [5.41, 5.74) is 1.63. The van der Waals surface area contributed by atoms with Gasteiger partial charge in [-0.1, -0.05) is 18.2 Å². The maximum Gasteiger partial charge on any atom is 0.293 e. The molecule has 3 aromatic rings. The summed E-state index contributed by atoms with van der Waals surface area (Å²) in [6.07, 6.45) is 0. The highest BCUT2D eigenvalue weighted by atomic mass is 16.6. The molecule has 1 aromatic heterocycles. The fourth-order valence-electron chi connectivity index (χ4n) is 2.58. The molecule has 96 valence electrons. The van der Waals surface area contributed by atoms with Gasteiger partial charge in [-0.2, -0.15) is 0 Å². The zero-order valence-corrected chi connectivity index (χ0v) is 10.6. The van der Waals surface area contributed by atoms with Crippen LogP contribution in [0.2, 0.25) is 0 Å². The largest absolute Gasteiger partial charge is 0.496 e. The predicted molar refractivity (Wildman–Crippen MR) is 73.6 cm³/mol. The van der Waals surface area contributed by atoms with Gasteiger partial charge in [0.25, 0.3) is 5.69 Å². The number of aromatic nitrogens is 1. The molecular weight excluding hydrogens is 244 g/mol. The van der Waals surface area contributed by atoms with Crippen molar-refractivity contribution in [1.82, 2.24) is 4.57 Å². The Morgan fingerprint density at radius 1 is 1.21 bits per heavy atom. The van der Waals surface area contributed by atoms with Crippen LogP contribution in [0.15, 0.2) is 36.4 Å². The van der Waals surface area contributed by atoms with Crippen LogP contribution in [-0.2, 0) is 7.05 Å². The van der Waals surface area contributed by atoms with Crippen LogP contribution >= 0.6 is 0 Å². The van der Waals surface area contributed by atoms with Gasteiger partial charge in [0.15, 0.2) is 0 Å².